The number of nitrogens with zero attached hydrogens (tertiary/aromatic N) is 2. The minimum absolute atomic E-state index is 0.0329. The monoisotopic (exact) mass is 675 g/mol. The van der Waals surface area contributed by atoms with Crippen LogP contribution < -0.4 is 15.8 Å². The highest BCUT2D eigenvalue weighted by atomic mass is 32.2. The van der Waals surface area contributed by atoms with Gasteiger partial charge in [-0.1, -0.05) is 39.6 Å². The van der Waals surface area contributed by atoms with Gasteiger partial charge in [0.15, 0.2) is 5.60 Å². The van der Waals surface area contributed by atoms with E-state index >= 15 is 0 Å². The lowest BCUT2D eigenvalue weighted by molar-refractivity contribution is -0.265. The molecule has 0 aliphatic heterocycles. The van der Waals surface area contributed by atoms with Crippen molar-refractivity contribution in [3.8, 4) is 0 Å². The number of nitrogens with one attached hydrogen (secondary N) is 2. The Balaban J connectivity index is 2.04. The lowest BCUT2D eigenvalue weighted by Gasteiger charge is -2.32. The van der Waals surface area contributed by atoms with Crippen molar-refractivity contribution in [1.82, 2.24) is 19.6 Å². The summed E-state index contributed by atoms with van der Waals surface area (Å²) >= 11 is -1.61. The van der Waals surface area contributed by atoms with E-state index in [-0.39, 0.29) is 18.8 Å². The molecule has 258 valence electrons. The summed E-state index contributed by atoms with van der Waals surface area (Å²) in [5, 5.41) is 3.68. The second-order valence-corrected chi connectivity index (χ2v) is 23.1. The number of ether oxygens (including phenoxy) is 2. The van der Waals surface area contributed by atoms with Gasteiger partial charge in [0.05, 0.1) is 17.6 Å². The molecular weight excluding hydrogens is 620 g/mol. The van der Waals surface area contributed by atoms with Gasteiger partial charge in [-0.05, 0) is 83.0 Å². The van der Waals surface area contributed by atoms with Crippen LogP contribution in [0.15, 0.2) is 18.2 Å². The number of hydrogen-bond donors (Lipinski definition) is 3. The quantitative estimate of drug-likeness (QED) is 0.0959. The van der Waals surface area contributed by atoms with Gasteiger partial charge in [0.1, 0.15) is 23.3 Å². The Morgan fingerprint density at radius 3 is 2.31 bits per heavy atom. The molecule has 2 aromatic rings. The Labute approximate surface area is 272 Å². The number of alkyl halides is 3. The fourth-order valence-corrected chi connectivity index (χ4v) is 6.16. The Kier molecular flexibility index (Phi) is 12.7. The third-order valence-corrected chi connectivity index (χ3v) is 11.6. The van der Waals surface area contributed by atoms with E-state index in [1.165, 1.54) is 0 Å². The molecule has 0 bridgehead atoms. The van der Waals surface area contributed by atoms with Crippen LogP contribution in [0.2, 0.25) is 25.7 Å². The van der Waals surface area contributed by atoms with E-state index in [4.69, 9.17) is 20.2 Å². The average Bonchev–Trinajstić information content (AvgIpc) is 3.67. The van der Waals surface area contributed by atoms with Crippen molar-refractivity contribution in [2.45, 2.75) is 128 Å². The van der Waals surface area contributed by atoms with Crippen molar-refractivity contribution in [2.75, 3.05) is 19.8 Å². The maximum Gasteiger partial charge on any atom is 0.416 e. The molecule has 1 aliphatic carbocycles. The number of imidazole rings is 1. The Morgan fingerprint density at radius 2 is 1.78 bits per heavy atom. The van der Waals surface area contributed by atoms with Gasteiger partial charge in [-0.3, -0.25) is 0 Å². The van der Waals surface area contributed by atoms with E-state index in [9.17, 15) is 17.7 Å². The topological polar surface area (TPSA) is 109 Å². The molecule has 4 atom stereocenters. The first-order valence-electron chi connectivity index (χ1n) is 16.1. The Bertz CT molecular complexity index is 1240. The zero-order chi connectivity index (χ0) is 34.0. The molecule has 1 fully saturated rings. The summed E-state index contributed by atoms with van der Waals surface area (Å²) in [6, 6.07) is 6.36. The molecule has 1 saturated carbocycles. The van der Waals surface area contributed by atoms with E-state index in [0.29, 0.717) is 36.3 Å². The highest BCUT2D eigenvalue weighted by Crippen LogP contribution is 2.42. The fraction of sp³-hybridized carbons (Fsp3) is 0.781. The molecule has 0 radical (unpaired) electrons. The van der Waals surface area contributed by atoms with Crippen LogP contribution in [0.5, 0.6) is 0 Å². The number of fused-ring (bicyclic) bond motifs is 1. The summed E-state index contributed by atoms with van der Waals surface area (Å²) in [5.41, 5.74) is 6.52. The molecule has 1 aliphatic rings. The first-order valence-corrected chi connectivity index (χ1v) is 20.9. The number of nitrogens with two attached hydrogens (primary N) is 1. The van der Waals surface area contributed by atoms with Gasteiger partial charge in [-0.25, -0.2) is 4.98 Å². The number of aromatic nitrogens is 2. The standard InChI is InChI=1S/C32H56F3N5O3SSi/c1-21(2)24(36)18-37-28(22-11-12-22)23-13-14-27-25(17-23)38-29(40(27)20-42-15-16-45(8,9)10)26(39-44(41)30(3,4)5)19-43-31(6,7)32(33,34)35/h13-14,17,21-22,24,26,28,37,39H,11-12,15-16,18-20,36H2,1-10H3/t24-,26-,28+,44?/m0/s1. The molecule has 1 aromatic carbocycles. The van der Waals surface area contributed by atoms with Crippen molar-refractivity contribution in [3.63, 3.8) is 0 Å². The molecular formula is C32H56F3N5O3SSi. The van der Waals surface area contributed by atoms with Crippen molar-refractivity contribution >= 4 is 30.5 Å². The van der Waals surface area contributed by atoms with Gasteiger partial charge in [0.25, 0.3) is 0 Å². The van der Waals surface area contributed by atoms with Crippen molar-refractivity contribution in [2.24, 2.45) is 17.6 Å². The molecule has 0 amide bonds. The largest absolute Gasteiger partial charge is 0.598 e. The van der Waals surface area contributed by atoms with Crippen LogP contribution in [0.3, 0.4) is 0 Å². The maximum atomic E-state index is 13.8. The highest BCUT2D eigenvalue weighted by molar-refractivity contribution is 7.90. The minimum Gasteiger partial charge on any atom is -0.598 e. The second-order valence-electron chi connectivity index (χ2n) is 15.5. The molecule has 4 N–H and O–H groups in total. The van der Waals surface area contributed by atoms with Crippen LogP contribution in [0.25, 0.3) is 11.0 Å². The molecule has 45 heavy (non-hydrogen) atoms. The number of halogens is 3. The van der Waals surface area contributed by atoms with Crippen molar-refractivity contribution in [1.29, 1.82) is 0 Å². The summed E-state index contributed by atoms with van der Waals surface area (Å²) in [4.78, 5) is 4.97. The first-order chi connectivity index (χ1) is 20.6. The van der Waals surface area contributed by atoms with E-state index in [1.807, 2.05) is 16.7 Å². The first kappa shape index (κ1) is 38.3. The number of benzene rings is 1. The smallest absolute Gasteiger partial charge is 0.416 e. The molecule has 0 spiro atoms. The summed E-state index contributed by atoms with van der Waals surface area (Å²) in [6.45, 7) is 19.5. The van der Waals surface area contributed by atoms with E-state index in [1.54, 1.807) is 20.8 Å². The lowest BCUT2D eigenvalue weighted by atomic mass is 10.00. The SMILES string of the molecule is CC(C)[C@@H](N)CN[C@@H](c1ccc2c(c1)nc([C@H](COC(C)(C)C(F)(F)F)N[S+]([O-])C(C)(C)C)n2COCC[Si](C)(C)C)C1CC1. The molecule has 3 rings (SSSR count). The highest BCUT2D eigenvalue weighted by Gasteiger charge is 2.49. The number of rotatable bonds is 17. The maximum absolute atomic E-state index is 13.8. The van der Waals surface area contributed by atoms with Crippen LogP contribution in [0.1, 0.15) is 84.8 Å². The van der Waals surface area contributed by atoms with Gasteiger partial charge in [0, 0.05) is 44.7 Å². The zero-order valence-electron chi connectivity index (χ0n) is 28.8. The third-order valence-electron chi connectivity index (χ3n) is 8.31. The molecule has 13 heteroatoms. The summed E-state index contributed by atoms with van der Waals surface area (Å²) in [5.74, 6) is 1.28. The zero-order valence-corrected chi connectivity index (χ0v) is 30.6. The Morgan fingerprint density at radius 1 is 1.13 bits per heavy atom. The Hall–Kier alpha value is -1.19. The minimum atomic E-state index is -4.58. The van der Waals surface area contributed by atoms with Gasteiger partial charge in [-0.15, -0.1) is 4.72 Å². The molecule has 1 heterocycles. The predicted octanol–water partition coefficient (Wildman–Crippen LogP) is 6.82. The summed E-state index contributed by atoms with van der Waals surface area (Å²) < 4.78 is 70.5. The molecule has 1 aromatic heterocycles. The van der Waals surface area contributed by atoms with Gasteiger partial charge in [-0.2, -0.15) is 13.2 Å². The lowest BCUT2D eigenvalue weighted by Crippen LogP contribution is -2.47. The van der Waals surface area contributed by atoms with Crippen LogP contribution >= 0.6 is 0 Å². The molecule has 1 unspecified atom stereocenters. The van der Waals surface area contributed by atoms with Gasteiger partial charge < -0.3 is 29.6 Å². The van der Waals surface area contributed by atoms with E-state index < -0.39 is 48.6 Å². The van der Waals surface area contributed by atoms with Crippen molar-refractivity contribution < 1.29 is 27.2 Å². The van der Waals surface area contributed by atoms with Crippen LogP contribution in [0, 0.1) is 11.8 Å². The number of hydrogen-bond acceptors (Lipinski definition) is 7. The van der Waals surface area contributed by atoms with Crippen LogP contribution in [-0.4, -0.2) is 64.5 Å². The third kappa shape index (κ3) is 10.9. The molecule has 8 nitrogen and oxygen atoms in total. The summed E-state index contributed by atoms with van der Waals surface area (Å²) in [7, 11) is -1.36. The normalized spacial score (nSPS) is 18.0. The fourth-order valence-electron chi connectivity index (χ4n) is 4.62. The summed E-state index contributed by atoms with van der Waals surface area (Å²) in [6.07, 6.45) is -2.32. The van der Waals surface area contributed by atoms with Crippen LogP contribution in [-0.2, 0) is 27.6 Å². The van der Waals surface area contributed by atoms with Gasteiger partial charge >= 0.3 is 6.18 Å². The van der Waals surface area contributed by atoms with E-state index in [2.05, 4.69) is 49.6 Å². The predicted molar refractivity (Wildman–Crippen MR) is 180 cm³/mol. The van der Waals surface area contributed by atoms with Gasteiger partial charge in [0.2, 0.25) is 0 Å². The van der Waals surface area contributed by atoms with E-state index in [0.717, 1.165) is 43.8 Å². The second kappa shape index (κ2) is 14.9. The van der Waals surface area contributed by atoms with Crippen molar-refractivity contribution in [3.05, 3.63) is 29.6 Å². The average molecular weight is 676 g/mol. The van der Waals surface area contributed by atoms with Crippen LogP contribution in [0.4, 0.5) is 13.2 Å². The molecule has 0 saturated heterocycles.